The van der Waals surface area contributed by atoms with Crippen LogP contribution in [-0.4, -0.2) is 22.2 Å². The molecule has 2 heterocycles. The molecule has 2 N–H and O–H groups in total. The predicted octanol–water partition coefficient (Wildman–Crippen LogP) is 4.30. The standard InChI is InChI=1S/C25H16O7/c26-16-7-5-14(6-8-16)19-12-31-24-17(23(19)28)9-10-20-22(24)18(11-21(27)32-20)13-1-3-15(4-2-13)25(29)30/h1-10,12,18,26H,11H2,(H,29,30)/t18-/m0/s1. The van der Waals surface area contributed by atoms with E-state index < -0.39 is 17.9 Å². The summed E-state index contributed by atoms with van der Waals surface area (Å²) in [5, 5.41) is 19.0. The zero-order valence-corrected chi connectivity index (χ0v) is 16.6. The second-order valence-corrected chi connectivity index (χ2v) is 7.54. The van der Waals surface area contributed by atoms with Crippen LogP contribution in [0.15, 0.2) is 76.1 Å². The van der Waals surface area contributed by atoms with Gasteiger partial charge in [-0.05, 0) is 47.5 Å². The van der Waals surface area contributed by atoms with Crippen LogP contribution in [0.3, 0.4) is 0 Å². The molecule has 158 valence electrons. The quantitative estimate of drug-likeness (QED) is 0.369. The number of phenolic OH excluding ortho intramolecular Hbond substituents is 1. The molecule has 0 bridgehead atoms. The second kappa shape index (κ2) is 7.39. The minimum atomic E-state index is -1.04. The van der Waals surface area contributed by atoms with Crippen molar-refractivity contribution in [1.29, 1.82) is 0 Å². The van der Waals surface area contributed by atoms with Crippen molar-refractivity contribution in [3.8, 4) is 22.6 Å². The Hall–Kier alpha value is -4.39. The number of phenols is 1. The molecule has 0 fully saturated rings. The summed E-state index contributed by atoms with van der Waals surface area (Å²) in [6.07, 6.45) is 1.39. The van der Waals surface area contributed by atoms with Gasteiger partial charge in [-0.2, -0.15) is 0 Å². The first kappa shape index (κ1) is 19.6. The highest BCUT2D eigenvalue weighted by Crippen LogP contribution is 2.42. The highest BCUT2D eigenvalue weighted by atomic mass is 16.5. The van der Waals surface area contributed by atoms with E-state index in [0.29, 0.717) is 39.0 Å². The maximum absolute atomic E-state index is 13.2. The first-order valence-corrected chi connectivity index (χ1v) is 9.84. The van der Waals surface area contributed by atoms with Crippen molar-refractivity contribution in [2.24, 2.45) is 0 Å². The fourth-order valence-electron chi connectivity index (χ4n) is 4.04. The van der Waals surface area contributed by atoms with E-state index in [1.165, 1.54) is 30.5 Å². The largest absolute Gasteiger partial charge is 0.508 e. The van der Waals surface area contributed by atoms with Crippen LogP contribution >= 0.6 is 0 Å². The van der Waals surface area contributed by atoms with Gasteiger partial charge in [0.2, 0.25) is 5.43 Å². The Balaban J connectivity index is 1.69. The first-order chi connectivity index (χ1) is 15.4. The van der Waals surface area contributed by atoms with Gasteiger partial charge in [0.05, 0.1) is 22.9 Å². The van der Waals surface area contributed by atoms with E-state index in [2.05, 4.69) is 0 Å². The lowest BCUT2D eigenvalue weighted by atomic mass is 9.85. The topological polar surface area (TPSA) is 114 Å². The molecular formula is C25H16O7. The number of carbonyl (C=O) groups is 2. The van der Waals surface area contributed by atoms with E-state index in [4.69, 9.17) is 14.3 Å². The summed E-state index contributed by atoms with van der Waals surface area (Å²) in [5.74, 6) is -1.53. The van der Waals surface area contributed by atoms with Crippen LogP contribution in [0, 0.1) is 0 Å². The van der Waals surface area contributed by atoms with E-state index in [1.54, 1.807) is 36.4 Å². The molecule has 4 aromatic rings. The lowest BCUT2D eigenvalue weighted by Gasteiger charge is -2.25. The third-order valence-corrected chi connectivity index (χ3v) is 5.62. The molecule has 0 saturated heterocycles. The Bertz CT molecular complexity index is 1430. The van der Waals surface area contributed by atoms with Crippen molar-refractivity contribution in [3.63, 3.8) is 0 Å². The maximum Gasteiger partial charge on any atom is 0.335 e. The summed E-state index contributed by atoms with van der Waals surface area (Å²) in [6, 6.07) is 15.6. The summed E-state index contributed by atoms with van der Waals surface area (Å²) in [5.41, 5.74) is 2.42. The average molecular weight is 428 g/mol. The molecule has 0 unspecified atom stereocenters. The number of rotatable bonds is 3. The zero-order chi connectivity index (χ0) is 22.4. The highest BCUT2D eigenvalue weighted by Gasteiger charge is 2.32. The molecule has 1 aliphatic heterocycles. The van der Waals surface area contributed by atoms with Gasteiger partial charge < -0.3 is 19.4 Å². The van der Waals surface area contributed by atoms with Gasteiger partial charge in [-0.1, -0.05) is 24.3 Å². The van der Waals surface area contributed by atoms with E-state index in [-0.39, 0.29) is 23.2 Å². The van der Waals surface area contributed by atoms with Gasteiger partial charge in [-0.15, -0.1) is 0 Å². The number of carboxylic acid groups (broad SMARTS) is 1. The Morgan fingerprint density at radius 1 is 0.938 bits per heavy atom. The van der Waals surface area contributed by atoms with Crippen molar-refractivity contribution < 1.29 is 29.0 Å². The number of aromatic hydroxyl groups is 1. The van der Waals surface area contributed by atoms with E-state index in [0.717, 1.165) is 0 Å². The second-order valence-electron chi connectivity index (χ2n) is 7.54. The smallest absolute Gasteiger partial charge is 0.335 e. The molecule has 1 aromatic heterocycles. The minimum absolute atomic E-state index is 0.0297. The monoisotopic (exact) mass is 428 g/mol. The summed E-state index contributed by atoms with van der Waals surface area (Å²) < 4.78 is 11.3. The summed E-state index contributed by atoms with van der Waals surface area (Å²) in [4.78, 5) is 36.6. The number of benzene rings is 3. The van der Waals surface area contributed by atoms with Crippen LogP contribution in [-0.2, 0) is 4.79 Å². The van der Waals surface area contributed by atoms with Crippen molar-refractivity contribution in [2.75, 3.05) is 0 Å². The first-order valence-electron chi connectivity index (χ1n) is 9.84. The normalized spacial score (nSPS) is 15.2. The van der Waals surface area contributed by atoms with Gasteiger partial charge in [0.15, 0.2) is 0 Å². The number of carbonyl (C=O) groups excluding carboxylic acids is 1. The van der Waals surface area contributed by atoms with Crippen molar-refractivity contribution in [2.45, 2.75) is 12.3 Å². The van der Waals surface area contributed by atoms with Crippen molar-refractivity contribution in [3.05, 3.63) is 93.8 Å². The fraction of sp³-hybridized carbons (Fsp3) is 0.0800. The molecule has 0 amide bonds. The van der Waals surface area contributed by atoms with Crippen LogP contribution in [0.25, 0.3) is 22.1 Å². The Morgan fingerprint density at radius 3 is 2.34 bits per heavy atom. The number of hydrogen-bond donors (Lipinski definition) is 2. The van der Waals surface area contributed by atoms with E-state index >= 15 is 0 Å². The molecule has 0 saturated carbocycles. The number of fused-ring (bicyclic) bond motifs is 3. The number of ether oxygens (including phenoxy) is 1. The van der Waals surface area contributed by atoms with Gasteiger partial charge in [-0.3, -0.25) is 9.59 Å². The lowest BCUT2D eigenvalue weighted by molar-refractivity contribution is -0.135. The number of carboxylic acids is 1. The van der Waals surface area contributed by atoms with Gasteiger partial charge >= 0.3 is 11.9 Å². The summed E-state index contributed by atoms with van der Waals surface area (Å²) in [6.45, 7) is 0. The van der Waals surface area contributed by atoms with Crippen LogP contribution in [0.2, 0.25) is 0 Å². The van der Waals surface area contributed by atoms with Gasteiger partial charge in [0.25, 0.3) is 0 Å². The van der Waals surface area contributed by atoms with Crippen LogP contribution in [0.5, 0.6) is 11.5 Å². The molecule has 5 rings (SSSR count). The molecule has 1 atom stereocenters. The zero-order valence-electron chi connectivity index (χ0n) is 16.6. The molecule has 32 heavy (non-hydrogen) atoms. The van der Waals surface area contributed by atoms with Crippen LogP contribution in [0.4, 0.5) is 0 Å². The summed E-state index contributed by atoms with van der Waals surface area (Å²) in [7, 11) is 0. The van der Waals surface area contributed by atoms with Crippen LogP contribution < -0.4 is 10.2 Å². The molecule has 1 aliphatic rings. The van der Waals surface area contributed by atoms with Crippen molar-refractivity contribution in [1.82, 2.24) is 0 Å². The number of aromatic carboxylic acids is 1. The van der Waals surface area contributed by atoms with E-state index in [9.17, 15) is 19.5 Å². The SMILES string of the molecule is O=C1C[C@@H](c2ccc(C(=O)O)cc2)c2c(ccc3c(=O)c(-c4ccc(O)cc4)coc23)O1. The van der Waals surface area contributed by atoms with Gasteiger partial charge in [-0.25, -0.2) is 4.79 Å². The third-order valence-electron chi connectivity index (χ3n) is 5.62. The molecule has 7 nitrogen and oxygen atoms in total. The Morgan fingerprint density at radius 2 is 1.66 bits per heavy atom. The van der Waals surface area contributed by atoms with E-state index in [1.807, 2.05) is 0 Å². The molecule has 3 aromatic carbocycles. The fourth-order valence-corrected chi connectivity index (χ4v) is 4.04. The van der Waals surface area contributed by atoms with Gasteiger partial charge in [0, 0.05) is 11.5 Å². The molecule has 0 spiro atoms. The maximum atomic E-state index is 13.2. The number of esters is 1. The Labute approximate surface area is 181 Å². The average Bonchev–Trinajstić information content (AvgIpc) is 2.79. The van der Waals surface area contributed by atoms with Gasteiger partial charge in [0.1, 0.15) is 23.3 Å². The van der Waals surface area contributed by atoms with Crippen molar-refractivity contribution >= 4 is 22.9 Å². The minimum Gasteiger partial charge on any atom is -0.508 e. The molecule has 0 aliphatic carbocycles. The molecular weight excluding hydrogens is 412 g/mol. The molecule has 0 radical (unpaired) electrons. The lowest BCUT2D eigenvalue weighted by Crippen LogP contribution is -2.22. The Kier molecular flexibility index (Phi) is 4.52. The number of hydrogen-bond acceptors (Lipinski definition) is 6. The summed E-state index contributed by atoms with van der Waals surface area (Å²) >= 11 is 0. The highest BCUT2D eigenvalue weighted by molar-refractivity contribution is 5.91. The van der Waals surface area contributed by atoms with Crippen LogP contribution in [0.1, 0.15) is 33.8 Å². The molecule has 7 heteroatoms. The predicted molar refractivity (Wildman–Crippen MR) is 115 cm³/mol. The third kappa shape index (κ3) is 3.20.